The summed E-state index contributed by atoms with van der Waals surface area (Å²) in [6, 6.07) is 7.31. The van der Waals surface area contributed by atoms with Gasteiger partial charge in [-0.15, -0.1) is 0 Å². The van der Waals surface area contributed by atoms with Crippen LogP contribution >= 0.6 is 0 Å². The molecule has 6 heteroatoms. The van der Waals surface area contributed by atoms with E-state index in [4.69, 9.17) is 4.74 Å². The Morgan fingerprint density at radius 1 is 0.929 bits per heavy atom. The van der Waals surface area contributed by atoms with Crippen LogP contribution in [0, 0.1) is 5.41 Å². The zero-order chi connectivity index (χ0) is 19.5. The van der Waals surface area contributed by atoms with Crippen molar-refractivity contribution in [3.8, 4) is 5.75 Å². The van der Waals surface area contributed by atoms with Crippen molar-refractivity contribution in [3.63, 3.8) is 0 Å². The van der Waals surface area contributed by atoms with Crippen LogP contribution in [0.4, 0.5) is 0 Å². The van der Waals surface area contributed by atoms with Gasteiger partial charge >= 0.3 is 0 Å². The van der Waals surface area contributed by atoms with E-state index >= 15 is 0 Å². The minimum atomic E-state index is -0.396. The molecule has 0 radical (unpaired) electrons. The van der Waals surface area contributed by atoms with Gasteiger partial charge in [0.2, 0.25) is 5.91 Å². The maximum absolute atomic E-state index is 13.2. The largest absolute Gasteiger partial charge is 0.489 e. The van der Waals surface area contributed by atoms with Crippen molar-refractivity contribution in [2.75, 3.05) is 26.2 Å². The SMILES string of the molecule is O=C1NCC2(CCCCC2)NC(=O)C2(C/C=C\COc3ccccc31)CNC2. The molecule has 1 aromatic rings. The average molecular weight is 383 g/mol. The van der Waals surface area contributed by atoms with Crippen LogP contribution in [0.5, 0.6) is 5.75 Å². The van der Waals surface area contributed by atoms with Gasteiger partial charge in [-0.1, -0.05) is 43.5 Å². The molecule has 1 saturated heterocycles. The number of benzene rings is 1. The molecular weight excluding hydrogens is 354 g/mol. The number of para-hydroxylation sites is 1. The molecule has 0 unspecified atom stereocenters. The van der Waals surface area contributed by atoms with E-state index in [2.05, 4.69) is 16.0 Å². The van der Waals surface area contributed by atoms with E-state index in [1.807, 2.05) is 30.4 Å². The molecule has 1 aliphatic carbocycles. The summed E-state index contributed by atoms with van der Waals surface area (Å²) in [6.07, 6.45) is 9.78. The molecule has 6 nitrogen and oxygen atoms in total. The molecule has 0 aromatic heterocycles. The van der Waals surface area contributed by atoms with Crippen molar-refractivity contribution in [2.45, 2.75) is 44.1 Å². The summed E-state index contributed by atoms with van der Waals surface area (Å²) >= 11 is 0. The zero-order valence-electron chi connectivity index (χ0n) is 16.3. The number of fused-ring (bicyclic) bond motifs is 1. The molecule has 1 saturated carbocycles. The Hall–Kier alpha value is -2.34. The Morgan fingerprint density at radius 3 is 2.46 bits per heavy atom. The van der Waals surface area contributed by atoms with Gasteiger partial charge in [-0.05, 0) is 31.4 Å². The first-order valence-corrected chi connectivity index (χ1v) is 10.3. The van der Waals surface area contributed by atoms with Crippen LogP contribution in [-0.4, -0.2) is 43.6 Å². The Bertz CT molecular complexity index is 764. The molecule has 2 aliphatic heterocycles. The standard InChI is InChI=1S/C22H29N3O3/c26-19-17-8-2-3-9-18(17)28-13-7-6-10-21(14-23-15-21)20(27)25-22(16-24-19)11-4-1-5-12-22/h2-3,6-9,23H,1,4-5,10-16H2,(H,24,26)(H,25,27)/b7-6-. The molecule has 28 heavy (non-hydrogen) atoms. The third kappa shape index (κ3) is 3.78. The number of allylic oxidation sites excluding steroid dienone is 1. The molecule has 1 aromatic carbocycles. The Morgan fingerprint density at radius 2 is 1.71 bits per heavy atom. The second-order valence-corrected chi connectivity index (χ2v) is 8.34. The predicted molar refractivity (Wildman–Crippen MR) is 107 cm³/mol. The third-order valence-corrected chi connectivity index (χ3v) is 6.33. The molecule has 2 amide bonds. The predicted octanol–water partition coefficient (Wildman–Crippen LogP) is 2.16. The number of rotatable bonds is 0. The summed E-state index contributed by atoms with van der Waals surface area (Å²) in [5.74, 6) is 0.532. The monoisotopic (exact) mass is 383 g/mol. The quantitative estimate of drug-likeness (QED) is 0.600. The van der Waals surface area contributed by atoms with Crippen LogP contribution < -0.4 is 20.7 Å². The fourth-order valence-electron chi connectivity index (χ4n) is 4.41. The highest BCUT2D eigenvalue weighted by Crippen LogP contribution is 2.33. The molecule has 2 spiro atoms. The highest BCUT2D eigenvalue weighted by molar-refractivity contribution is 5.97. The highest BCUT2D eigenvalue weighted by Gasteiger charge is 2.46. The normalized spacial score (nSPS) is 25.4. The zero-order valence-corrected chi connectivity index (χ0v) is 16.3. The summed E-state index contributed by atoms with van der Waals surface area (Å²) in [5.41, 5.74) is -0.227. The maximum atomic E-state index is 13.2. The number of amides is 2. The van der Waals surface area contributed by atoms with Crippen LogP contribution in [0.1, 0.15) is 48.9 Å². The van der Waals surface area contributed by atoms with Crippen molar-refractivity contribution in [2.24, 2.45) is 5.41 Å². The van der Waals surface area contributed by atoms with Gasteiger partial charge in [0.1, 0.15) is 12.4 Å². The van der Waals surface area contributed by atoms with E-state index in [1.165, 1.54) is 6.42 Å². The van der Waals surface area contributed by atoms with Crippen LogP contribution in [0.3, 0.4) is 0 Å². The fraction of sp³-hybridized carbons (Fsp3) is 0.545. The smallest absolute Gasteiger partial charge is 0.255 e. The van der Waals surface area contributed by atoms with Crippen molar-refractivity contribution < 1.29 is 14.3 Å². The number of ether oxygens (including phenoxy) is 1. The molecule has 2 heterocycles. The van der Waals surface area contributed by atoms with E-state index in [0.29, 0.717) is 44.0 Å². The summed E-state index contributed by atoms with van der Waals surface area (Å²) in [5, 5.41) is 9.69. The minimum Gasteiger partial charge on any atom is -0.489 e. The molecule has 0 bridgehead atoms. The Balaban J connectivity index is 1.62. The molecule has 150 valence electrons. The molecule has 3 N–H and O–H groups in total. The van der Waals surface area contributed by atoms with Crippen LogP contribution in [0.2, 0.25) is 0 Å². The topological polar surface area (TPSA) is 79.5 Å². The number of nitrogens with one attached hydrogen (secondary N) is 3. The Kier molecular flexibility index (Phi) is 5.40. The Labute approximate surface area is 166 Å². The lowest BCUT2D eigenvalue weighted by Crippen LogP contribution is -2.66. The number of hydrogen-bond donors (Lipinski definition) is 3. The maximum Gasteiger partial charge on any atom is 0.255 e. The first kappa shape index (κ1) is 19.0. The molecule has 4 rings (SSSR count). The lowest BCUT2D eigenvalue weighted by Gasteiger charge is -2.45. The van der Waals surface area contributed by atoms with Gasteiger partial charge in [0, 0.05) is 19.6 Å². The lowest BCUT2D eigenvalue weighted by atomic mass is 9.75. The van der Waals surface area contributed by atoms with Crippen molar-refractivity contribution in [3.05, 3.63) is 42.0 Å². The number of hydrogen-bond acceptors (Lipinski definition) is 4. The average Bonchev–Trinajstić information content (AvgIpc) is 2.68. The van der Waals surface area contributed by atoms with Crippen LogP contribution in [-0.2, 0) is 4.79 Å². The van der Waals surface area contributed by atoms with Gasteiger partial charge in [0.05, 0.1) is 16.5 Å². The summed E-state index contributed by atoms with van der Waals surface area (Å²) in [4.78, 5) is 26.1. The second kappa shape index (κ2) is 7.95. The number of carbonyl (C=O) groups is 2. The summed E-state index contributed by atoms with van der Waals surface area (Å²) < 4.78 is 5.82. The van der Waals surface area contributed by atoms with Crippen molar-refractivity contribution >= 4 is 11.8 Å². The van der Waals surface area contributed by atoms with Crippen LogP contribution in [0.15, 0.2) is 36.4 Å². The third-order valence-electron chi connectivity index (χ3n) is 6.33. The molecule has 0 atom stereocenters. The summed E-state index contributed by atoms with van der Waals surface area (Å²) in [6.45, 7) is 2.20. The minimum absolute atomic E-state index is 0.102. The van der Waals surface area contributed by atoms with E-state index in [1.54, 1.807) is 6.07 Å². The van der Waals surface area contributed by atoms with Crippen molar-refractivity contribution in [1.82, 2.24) is 16.0 Å². The lowest BCUT2D eigenvalue weighted by molar-refractivity contribution is -0.136. The number of carbonyl (C=O) groups excluding carboxylic acids is 2. The van der Waals surface area contributed by atoms with Gasteiger partial charge in [0.15, 0.2) is 0 Å². The molecule has 2 fully saturated rings. The first-order chi connectivity index (χ1) is 13.6. The molecular formula is C22H29N3O3. The summed E-state index contributed by atoms with van der Waals surface area (Å²) in [7, 11) is 0. The first-order valence-electron chi connectivity index (χ1n) is 10.3. The fourth-order valence-corrected chi connectivity index (χ4v) is 4.41. The highest BCUT2D eigenvalue weighted by atomic mass is 16.5. The van der Waals surface area contributed by atoms with Gasteiger partial charge in [-0.25, -0.2) is 0 Å². The van der Waals surface area contributed by atoms with Gasteiger partial charge in [0.25, 0.3) is 5.91 Å². The van der Waals surface area contributed by atoms with Crippen LogP contribution in [0.25, 0.3) is 0 Å². The van der Waals surface area contributed by atoms with Crippen molar-refractivity contribution in [1.29, 1.82) is 0 Å². The van der Waals surface area contributed by atoms with E-state index in [9.17, 15) is 9.59 Å². The van der Waals surface area contributed by atoms with Gasteiger partial charge < -0.3 is 20.7 Å². The van der Waals surface area contributed by atoms with E-state index in [-0.39, 0.29) is 17.4 Å². The second-order valence-electron chi connectivity index (χ2n) is 8.34. The van der Waals surface area contributed by atoms with E-state index < -0.39 is 5.41 Å². The van der Waals surface area contributed by atoms with Gasteiger partial charge in [-0.2, -0.15) is 0 Å². The van der Waals surface area contributed by atoms with E-state index in [0.717, 1.165) is 25.7 Å². The molecule has 3 aliphatic rings. The van der Waals surface area contributed by atoms with Gasteiger partial charge in [-0.3, -0.25) is 9.59 Å².